The number of hydrogen-bond donors (Lipinski definition) is 0. The van der Waals surface area contributed by atoms with Gasteiger partial charge >= 0.3 is 0 Å². The Bertz CT molecular complexity index is 340. The summed E-state index contributed by atoms with van der Waals surface area (Å²) in [6.45, 7) is 0. The summed E-state index contributed by atoms with van der Waals surface area (Å²) < 4.78 is 5.30. The van der Waals surface area contributed by atoms with Crippen LogP contribution < -0.4 is 4.74 Å². The van der Waals surface area contributed by atoms with Crippen molar-refractivity contribution >= 4 is 11.6 Å². The van der Waals surface area contributed by atoms with Crippen molar-refractivity contribution in [3.8, 4) is 5.75 Å². The standard InChI is InChI=1S/C11H10O3/c12-9-6-7-10(13)11(9)14-8-4-2-1-3-5-8/h1-5,11H,6-7H2. The number of carbonyl (C=O) groups excluding carboxylic acids is 2. The van der Waals surface area contributed by atoms with Crippen LogP contribution in [0.1, 0.15) is 12.8 Å². The second kappa shape index (κ2) is 3.62. The van der Waals surface area contributed by atoms with Crippen LogP contribution in [0.3, 0.4) is 0 Å². The van der Waals surface area contributed by atoms with E-state index in [1.54, 1.807) is 24.3 Å². The summed E-state index contributed by atoms with van der Waals surface area (Å²) in [5, 5.41) is 0. The number of para-hydroxylation sites is 1. The van der Waals surface area contributed by atoms with E-state index in [9.17, 15) is 9.59 Å². The van der Waals surface area contributed by atoms with E-state index in [2.05, 4.69) is 0 Å². The molecule has 0 amide bonds. The predicted molar refractivity (Wildman–Crippen MR) is 50.1 cm³/mol. The maximum absolute atomic E-state index is 11.2. The minimum atomic E-state index is -0.864. The van der Waals surface area contributed by atoms with Crippen LogP contribution >= 0.6 is 0 Å². The highest BCUT2D eigenvalue weighted by molar-refractivity contribution is 6.11. The van der Waals surface area contributed by atoms with Gasteiger partial charge in [-0.2, -0.15) is 0 Å². The Labute approximate surface area is 81.7 Å². The number of ketones is 2. The molecule has 3 nitrogen and oxygen atoms in total. The van der Waals surface area contributed by atoms with Crippen LogP contribution in [0.25, 0.3) is 0 Å². The summed E-state index contributed by atoms with van der Waals surface area (Å²) in [5.41, 5.74) is 0. The fourth-order valence-electron chi connectivity index (χ4n) is 1.45. The Morgan fingerprint density at radius 2 is 1.57 bits per heavy atom. The van der Waals surface area contributed by atoms with Crippen LogP contribution in [0.5, 0.6) is 5.75 Å². The molecule has 1 aromatic carbocycles. The lowest BCUT2D eigenvalue weighted by Crippen LogP contribution is -2.28. The smallest absolute Gasteiger partial charge is 0.214 e. The molecule has 0 spiro atoms. The molecule has 3 heteroatoms. The number of carbonyl (C=O) groups is 2. The van der Waals surface area contributed by atoms with Gasteiger partial charge in [-0.05, 0) is 12.1 Å². The van der Waals surface area contributed by atoms with Gasteiger partial charge < -0.3 is 4.74 Å². The predicted octanol–water partition coefficient (Wildman–Crippen LogP) is 1.37. The monoisotopic (exact) mass is 190 g/mol. The number of Topliss-reactive ketones (excluding diaryl/α,β-unsaturated/α-hetero) is 2. The summed E-state index contributed by atoms with van der Waals surface area (Å²) >= 11 is 0. The summed E-state index contributed by atoms with van der Waals surface area (Å²) in [5.74, 6) is 0.346. The van der Waals surface area contributed by atoms with Crippen molar-refractivity contribution in [3.63, 3.8) is 0 Å². The van der Waals surface area contributed by atoms with Gasteiger partial charge in [0, 0.05) is 12.8 Å². The van der Waals surface area contributed by atoms with Gasteiger partial charge in [-0.1, -0.05) is 18.2 Å². The highest BCUT2D eigenvalue weighted by Gasteiger charge is 2.34. The Kier molecular flexibility index (Phi) is 2.31. The molecule has 1 saturated carbocycles. The van der Waals surface area contributed by atoms with E-state index >= 15 is 0 Å². The fraction of sp³-hybridized carbons (Fsp3) is 0.273. The normalized spacial score (nSPS) is 17.4. The van der Waals surface area contributed by atoms with E-state index in [4.69, 9.17) is 4.74 Å². The topological polar surface area (TPSA) is 43.4 Å². The second-order valence-corrected chi connectivity index (χ2v) is 3.24. The SMILES string of the molecule is O=C1CCC(=O)C1Oc1ccccc1. The molecule has 72 valence electrons. The summed E-state index contributed by atoms with van der Waals surface area (Å²) in [7, 11) is 0. The first-order valence-electron chi connectivity index (χ1n) is 4.54. The van der Waals surface area contributed by atoms with Crippen molar-refractivity contribution in [2.24, 2.45) is 0 Å². The number of rotatable bonds is 2. The number of benzene rings is 1. The molecule has 1 aliphatic rings. The Morgan fingerprint density at radius 3 is 2.14 bits per heavy atom. The molecule has 0 unspecified atom stereocenters. The summed E-state index contributed by atoms with van der Waals surface area (Å²) in [4.78, 5) is 22.5. The molecule has 14 heavy (non-hydrogen) atoms. The molecule has 1 aliphatic carbocycles. The average molecular weight is 190 g/mol. The van der Waals surface area contributed by atoms with Gasteiger partial charge in [-0.3, -0.25) is 9.59 Å². The molecule has 0 aromatic heterocycles. The first-order chi connectivity index (χ1) is 6.77. The lowest BCUT2D eigenvalue weighted by Gasteiger charge is -2.09. The van der Waals surface area contributed by atoms with Crippen LogP contribution in [0, 0.1) is 0 Å². The molecule has 0 N–H and O–H groups in total. The quantitative estimate of drug-likeness (QED) is 0.661. The molecule has 0 atom stereocenters. The lowest BCUT2D eigenvalue weighted by molar-refractivity contribution is -0.130. The zero-order chi connectivity index (χ0) is 9.97. The van der Waals surface area contributed by atoms with E-state index in [0.29, 0.717) is 18.6 Å². The minimum Gasteiger partial charge on any atom is -0.475 e. The number of hydrogen-bond acceptors (Lipinski definition) is 3. The maximum atomic E-state index is 11.2. The van der Waals surface area contributed by atoms with Crippen molar-refractivity contribution < 1.29 is 14.3 Å². The zero-order valence-corrected chi connectivity index (χ0v) is 7.60. The van der Waals surface area contributed by atoms with Crippen LogP contribution in [0.2, 0.25) is 0 Å². The first kappa shape index (κ1) is 8.94. The third-order valence-electron chi connectivity index (χ3n) is 2.20. The van der Waals surface area contributed by atoms with E-state index in [1.807, 2.05) is 6.07 Å². The Hall–Kier alpha value is -1.64. The Morgan fingerprint density at radius 1 is 1.00 bits per heavy atom. The molecule has 0 bridgehead atoms. The van der Waals surface area contributed by atoms with Crippen LogP contribution in [-0.2, 0) is 9.59 Å². The van der Waals surface area contributed by atoms with Crippen molar-refractivity contribution in [3.05, 3.63) is 30.3 Å². The molecule has 0 radical (unpaired) electrons. The molecular weight excluding hydrogens is 180 g/mol. The summed E-state index contributed by atoms with van der Waals surface area (Å²) in [6, 6.07) is 8.93. The Balaban J connectivity index is 2.11. The van der Waals surface area contributed by atoms with Crippen LogP contribution in [0.15, 0.2) is 30.3 Å². The van der Waals surface area contributed by atoms with Crippen LogP contribution in [0.4, 0.5) is 0 Å². The third kappa shape index (κ3) is 1.66. The molecular formula is C11H10O3. The third-order valence-corrected chi connectivity index (χ3v) is 2.20. The van der Waals surface area contributed by atoms with E-state index < -0.39 is 6.10 Å². The molecule has 1 fully saturated rings. The van der Waals surface area contributed by atoms with Crippen molar-refractivity contribution in [2.45, 2.75) is 18.9 Å². The van der Waals surface area contributed by atoms with Crippen LogP contribution in [-0.4, -0.2) is 17.7 Å². The van der Waals surface area contributed by atoms with E-state index in [1.165, 1.54) is 0 Å². The largest absolute Gasteiger partial charge is 0.475 e. The first-order valence-corrected chi connectivity index (χ1v) is 4.54. The highest BCUT2D eigenvalue weighted by atomic mass is 16.5. The molecule has 0 heterocycles. The zero-order valence-electron chi connectivity index (χ0n) is 7.60. The van der Waals surface area contributed by atoms with Gasteiger partial charge in [-0.15, -0.1) is 0 Å². The molecule has 0 aliphatic heterocycles. The summed E-state index contributed by atoms with van der Waals surface area (Å²) in [6.07, 6.45) is -0.232. The molecule has 2 rings (SSSR count). The van der Waals surface area contributed by atoms with Crippen molar-refractivity contribution in [1.29, 1.82) is 0 Å². The van der Waals surface area contributed by atoms with Gasteiger partial charge in [0.2, 0.25) is 6.10 Å². The van der Waals surface area contributed by atoms with E-state index in [0.717, 1.165) is 0 Å². The molecule has 0 saturated heterocycles. The van der Waals surface area contributed by atoms with Gasteiger partial charge in [0.15, 0.2) is 11.6 Å². The lowest BCUT2D eigenvalue weighted by atomic mass is 10.2. The number of ether oxygens (including phenoxy) is 1. The molecule has 1 aromatic rings. The van der Waals surface area contributed by atoms with Crippen molar-refractivity contribution in [2.75, 3.05) is 0 Å². The highest BCUT2D eigenvalue weighted by Crippen LogP contribution is 2.18. The van der Waals surface area contributed by atoms with Gasteiger partial charge in [0.05, 0.1) is 0 Å². The maximum Gasteiger partial charge on any atom is 0.214 e. The van der Waals surface area contributed by atoms with Crippen molar-refractivity contribution in [1.82, 2.24) is 0 Å². The van der Waals surface area contributed by atoms with Gasteiger partial charge in [-0.25, -0.2) is 0 Å². The van der Waals surface area contributed by atoms with E-state index in [-0.39, 0.29) is 11.6 Å². The van der Waals surface area contributed by atoms with Gasteiger partial charge in [0.25, 0.3) is 0 Å². The fourth-order valence-corrected chi connectivity index (χ4v) is 1.45. The minimum absolute atomic E-state index is 0.112. The van der Waals surface area contributed by atoms with Gasteiger partial charge in [0.1, 0.15) is 5.75 Å². The average Bonchev–Trinajstić information content (AvgIpc) is 2.51. The second-order valence-electron chi connectivity index (χ2n) is 3.24.